The molecule has 1 aromatic heterocycles. The first kappa shape index (κ1) is 12.0. The molecule has 1 aromatic rings. The maximum atomic E-state index is 11.7. The van der Waals surface area contributed by atoms with E-state index in [4.69, 9.17) is 11.6 Å². The van der Waals surface area contributed by atoms with E-state index in [0.717, 1.165) is 0 Å². The van der Waals surface area contributed by atoms with E-state index in [1.807, 2.05) is 13.8 Å². The molecule has 78 valence electrons. The predicted molar refractivity (Wildman–Crippen MR) is 64.7 cm³/mol. The number of carbonyl (C=O) groups is 1. The Kier molecular flexibility index (Phi) is 3.98. The average Bonchev–Trinajstić information content (AvgIpc) is 2.51. The van der Waals surface area contributed by atoms with Crippen LogP contribution in [0, 0.1) is 0 Å². The van der Waals surface area contributed by atoms with Gasteiger partial charge in [-0.05, 0) is 26.0 Å². The third kappa shape index (κ3) is 3.26. The van der Waals surface area contributed by atoms with Crippen molar-refractivity contribution in [3.05, 3.63) is 21.3 Å². The first-order valence-corrected chi connectivity index (χ1v) is 6.40. The van der Waals surface area contributed by atoms with E-state index < -0.39 is 0 Å². The summed E-state index contributed by atoms with van der Waals surface area (Å²) in [5.41, 5.74) is -0.243. The molecule has 1 N–H and O–H groups in total. The van der Waals surface area contributed by atoms with Gasteiger partial charge in [-0.3, -0.25) is 4.79 Å². The second-order valence-corrected chi connectivity index (χ2v) is 5.85. The van der Waals surface area contributed by atoms with Crippen LogP contribution in [-0.2, 0) is 0 Å². The minimum absolute atomic E-state index is 0.0775. The number of amides is 1. The largest absolute Gasteiger partial charge is 0.346 e. The molecule has 0 saturated heterocycles. The van der Waals surface area contributed by atoms with Gasteiger partial charge in [0.25, 0.3) is 5.91 Å². The molecule has 0 spiro atoms. The average molecular weight is 297 g/mol. The summed E-state index contributed by atoms with van der Waals surface area (Å²) < 4.78 is 0.631. The van der Waals surface area contributed by atoms with Crippen molar-refractivity contribution in [2.24, 2.45) is 0 Å². The smallest absolute Gasteiger partial charge is 0.261 e. The minimum Gasteiger partial charge on any atom is -0.346 e. The third-order valence-electron chi connectivity index (χ3n) is 1.58. The Hall–Kier alpha value is -0.0600. The van der Waals surface area contributed by atoms with Gasteiger partial charge in [-0.15, -0.1) is 11.3 Å². The van der Waals surface area contributed by atoms with Crippen LogP contribution in [0.25, 0.3) is 0 Å². The fraction of sp³-hybridized carbons (Fsp3) is 0.444. The zero-order valence-electron chi connectivity index (χ0n) is 7.93. The van der Waals surface area contributed by atoms with E-state index in [9.17, 15) is 4.79 Å². The molecule has 0 atom stereocenters. The summed E-state index contributed by atoms with van der Waals surface area (Å²) in [7, 11) is 0. The van der Waals surface area contributed by atoms with Gasteiger partial charge in [0.2, 0.25) is 0 Å². The lowest BCUT2D eigenvalue weighted by Gasteiger charge is -2.22. The minimum atomic E-state index is -0.243. The van der Waals surface area contributed by atoms with Crippen molar-refractivity contribution in [1.82, 2.24) is 5.32 Å². The Bertz CT molecular complexity index is 337. The molecule has 0 saturated carbocycles. The fourth-order valence-electron chi connectivity index (χ4n) is 0.839. The first-order chi connectivity index (χ1) is 6.44. The number of carbonyl (C=O) groups excluding carboxylic acids is 1. The van der Waals surface area contributed by atoms with E-state index in [-0.39, 0.29) is 11.4 Å². The van der Waals surface area contributed by atoms with Crippen molar-refractivity contribution >= 4 is 44.8 Å². The summed E-state index contributed by atoms with van der Waals surface area (Å²) in [4.78, 5) is 12.3. The number of halogens is 2. The number of rotatable bonds is 3. The highest BCUT2D eigenvalue weighted by Gasteiger charge is 2.20. The zero-order valence-corrected chi connectivity index (χ0v) is 11.1. The molecule has 0 bridgehead atoms. The second-order valence-electron chi connectivity index (χ2n) is 3.58. The molecule has 0 aliphatic rings. The number of alkyl halides is 1. The maximum absolute atomic E-state index is 11.7. The number of hydrogen-bond donors (Lipinski definition) is 1. The lowest BCUT2D eigenvalue weighted by Crippen LogP contribution is -2.44. The van der Waals surface area contributed by atoms with Crippen LogP contribution in [0.5, 0.6) is 0 Å². The topological polar surface area (TPSA) is 29.1 Å². The molecule has 1 heterocycles. The van der Waals surface area contributed by atoms with Crippen LogP contribution in [-0.4, -0.2) is 16.8 Å². The van der Waals surface area contributed by atoms with Gasteiger partial charge in [-0.1, -0.05) is 27.5 Å². The molecular formula is C9H11BrClNOS. The Labute approximate surface area is 101 Å². The summed E-state index contributed by atoms with van der Waals surface area (Å²) in [5, 5.41) is 3.61. The molecule has 0 aromatic carbocycles. The fourth-order valence-corrected chi connectivity index (χ4v) is 1.92. The van der Waals surface area contributed by atoms with Gasteiger partial charge in [-0.2, -0.15) is 0 Å². The zero-order chi connectivity index (χ0) is 10.8. The summed E-state index contributed by atoms with van der Waals surface area (Å²) >= 11 is 10.4. The van der Waals surface area contributed by atoms with Crippen molar-refractivity contribution in [2.75, 3.05) is 5.33 Å². The molecule has 0 fully saturated rings. The number of thiophene rings is 1. The molecular weight excluding hydrogens is 286 g/mol. The van der Waals surface area contributed by atoms with Crippen LogP contribution in [0.4, 0.5) is 0 Å². The molecule has 14 heavy (non-hydrogen) atoms. The second kappa shape index (κ2) is 4.64. The van der Waals surface area contributed by atoms with E-state index in [1.165, 1.54) is 11.3 Å². The Balaban J connectivity index is 2.68. The van der Waals surface area contributed by atoms with Crippen LogP contribution < -0.4 is 5.32 Å². The van der Waals surface area contributed by atoms with E-state index >= 15 is 0 Å². The van der Waals surface area contributed by atoms with Crippen LogP contribution in [0.15, 0.2) is 12.1 Å². The summed E-state index contributed by atoms with van der Waals surface area (Å²) in [6, 6.07) is 3.45. The molecule has 5 heteroatoms. The van der Waals surface area contributed by atoms with Gasteiger partial charge in [0, 0.05) is 10.9 Å². The molecule has 0 unspecified atom stereocenters. The standard InChI is InChI=1S/C9H11BrClNOS/c1-9(2,5-10)12-8(13)6-3-4-7(11)14-6/h3-4H,5H2,1-2H3,(H,12,13). The Morgan fingerprint density at radius 3 is 2.71 bits per heavy atom. The van der Waals surface area contributed by atoms with Crippen LogP contribution in [0.2, 0.25) is 4.34 Å². The summed E-state index contributed by atoms with van der Waals surface area (Å²) in [6.07, 6.45) is 0. The highest BCUT2D eigenvalue weighted by molar-refractivity contribution is 9.09. The number of nitrogens with one attached hydrogen (secondary N) is 1. The van der Waals surface area contributed by atoms with Crippen molar-refractivity contribution in [1.29, 1.82) is 0 Å². The Morgan fingerprint density at radius 2 is 2.29 bits per heavy atom. The van der Waals surface area contributed by atoms with Crippen molar-refractivity contribution < 1.29 is 4.79 Å². The summed E-state index contributed by atoms with van der Waals surface area (Å²) in [5.74, 6) is -0.0775. The quantitative estimate of drug-likeness (QED) is 0.852. The molecule has 0 radical (unpaired) electrons. The van der Waals surface area contributed by atoms with Gasteiger partial charge < -0.3 is 5.32 Å². The number of hydrogen-bond acceptors (Lipinski definition) is 2. The van der Waals surface area contributed by atoms with Gasteiger partial charge in [-0.25, -0.2) is 0 Å². The highest BCUT2D eigenvalue weighted by atomic mass is 79.9. The predicted octanol–water partition coefficient (Wildman–Crippen LogP) is 3.30. The van der Waals surface area contributed by atoms with Crippen molar-refractivity contribution in [2.45, 2.75) is 19.4 Å². The van der Waals surface area contributed by atoms with Crippen molar-refractivity contribution in [3.63, 3.8) is 0 Å². The molecule has 2 nitrogen and oxygen atoms in total. The third-order valence-corrected chi connectivity index (χ3v) is 4.21. The maximum Gasteiger partial charge on any atom is 0.261 e. The molecule has 1 rings (SSSR count). The van der Waals surface area contributed by atoms with Crippen LogP contribution in [0.1, 0.15) is 23.5 Å². The summed E-state index contributed by atoms with van der Waals surface area (Å²) in [6.45, 7) is 3.91. The lowest BCUT2D eigenvalue weighted by atomic mass is 10.1. The SMILES string of the molecule is CC(C)(CBr)NC(=O)c1ccc(Cl)s1. The van der Waals surface area contributed by atoms with Crippen molar-refractivity contribution in [3.8, 4) is 0 Å². The Morgan fingerprint density at radius 1 is 1.64 bits per heavy atom. The van der Waals surface area contributed by atoms with E-state index in [2.05, 4.69) is 21.2 Å². The van der Waals surface area contributed by atoms with E-state index in [0.29, 0.717) is 14.5 Å². The van der Waals surface area contributed by atoms with Gasteiger partial charge >= 0.3 is 0 Å². The normalized spacial score (nSPS) is 11.4. The van der Waals surface area contributed by atoms with Crippen LogP contribution >= 0.6 is 38.9 Å². The van der Waals surface area contributed by atoms with Gasteiger partial charge in [0.15, 0.2) is 0 Å². The van der Waals surface area contributed by atoms with E-state index in [1.54, 1.807) is 12.1 Å². The molecule has 1 amide bonds. The van der Waals surface area contributed by atoms with Crippen LogP contribution in [0.3, 0.4) is 0 Å². The molecule has 0 aliphatic heterocycles. The monoisotopic (exact) mass is 295 g/mol. The highest BCUT2D eigenvalue weighted by Crippen LogP contribution is 2.21. The first-order valence-electron chi connectivity index (χ1n) is 4.08. The lowest BCUT2D eigenvalue weighted by molar-refractivity contribution is 0.0925. The molecule has 0 aliphatic carbocycles. The van der Waals surface area contributed by atoms with Gasteiger partial charge in [0.05, 0.1) is 9.21 Å². The van der Waals surface area contributed by atoms with Gasteiger partial charge in [0.1, 0.15) is 0 Å².